The van der Waals surface area contributed by atoms with Gasteiger partial charge >= 0.3 is 0 Å². The lowest BCUT2D eigenvalue weighted by Gasteiger charge is -2.35. The van der Waals surface area contributed by atoms with Crippen LogP contribution in [0, 0.1) is 0 Å². The first kappa shape index (κ1) is 36.8. The fourth-order valence-corrected chi connectivity index (χ4v) is 15.2. The highest BCUT2D eigenvalue weighted by Crippen LogP contribution is 2.42. The molecule has 3 heteroatoms. The number of hydrogen-bond donors (Lipinski definition) is 0. The number of nitrogens with zero attached hydrogens (tertiary/aromatic N) is 2. The lowest BCUT2D eigenvalue weighted by atomic mass is 9.99. The van der Waals surface area contributed by atoms with Crippen molar-refractivity contribution in [3.8, 4) is 33.6 Å². The second-order valence-corrected chi connectivity index (χ2v) is 20.2. The van der Waals surface area contributed by atoms with Crippen molar-refractivity contribution in [2.45, 2.75) is 0 Å². The number of fused-ring (bicyclic) bond motifs is 6. The van der Waals surface area contributed by atoms with Crippen LogP contribution < -0.4 is 20.7 Å². The molecule has 0 N–H and O–H groups in total. The fourth-order valence-electron chi connectivity index (χ4n) is 10.4. The van der Waals surface area contributed by atoms with Crippen LogP contribution in [0.15, 0.2) is 255 Å². The standard InChI is InChI=1S/C60H42N2Si/c1-6-21-43(22-7-1)44-37-39-46(40-38-44)61-55-34-18-16-31-51(55)52-33-20-36-57(60(52)61)62-56-35-19-17-32-53(56)59-54(45-23-8-2-9-24-45)41-50(42-58(59)62)63(47-25-10-3-11-26-47,48-27-12-4-13-28-48)49-29-14-5-15-30-49/h1-42H. The molecule has 0 unspecified atom stereocenters. The van der Waals surface area contributed by atoms with E-state index in [-0.39, 0.29) is 0 Å². The SMILES string of the molecule is c1ccc(-c2ccc(-n3c4ccccc4c4cccc(-n5c6ccccc6c6c(-c7ccccc7)cc([Si](c7ccccc7)(c7ccccc7)c7ccccc7)cc65)c43)cc2)cc1. The minimum absolute atomic E-state index is 1.13. The number of para-hydroxylation sites is 3. The van der Waals surface area contributed by atoms with E-state index in [1.807, 2.05) is 0 Å². The van der Waals surface area contributed by atoms with Crippen LogP contribution in [0.3, 0.4) is 0 Å². The van der Waals surface area contributed by atoms with Crippen LogP contribution in [0.2, 0.25) is 0 Å². The average Bonchev–Trinajstić information content (AvgIpc) is 3.89. The Hall–Kier alpha value is -7.98. The summed E-state index contributed by atoms with van der Waals surface area (Å²) in [5.41, 5.74) is 11.9. The monoisotopic (exact) mass is 818 g/mol. The van der Waals surface area contributed by atoms with Crippen molar-refractivity contribution in [1.29, 1.82) is 0 Å². The molecule has 12 aromatic rings. The smallest absolute Gasteiger partial charge is 0.179 e. The highest BCUT2D eigenvalue weighted by molar-refractivity contribution is 7.20. The summed E-state index contributed by atoms with van der Waals surface area (Å²) in [6.07, 6.45) is 0. The van der Waals surface area contributed by atoms with Crippen LogP contribution >= 0.6 is 0 Å². The van der Waals surface area contributed by atoms with Crippen molar-refractivity contribution in [3.05, 3.63) is 255 Å². The molecule has 12 rings (SSSR count). The molecule has 0 atom stereocenters. The van der Waals surface area contributed by atoms with Crippen LogP contribution in [-0.2, 0) is 0 Å². The highest BCUT2D eigenvalue weighted by atomic mass is 28.3. The molecule has 10 aromatic carbocycles. The summed E-state index contributed by atoms with van der Waals surface area (Å²) < 4.78 is 5.05. The molecule has 2 nitrogen and oxygen atoms in total. The predicted molar refractivity (Wildman–Crippen MR) is 270 cm³/mol. The van der Waals surface area contributed by atoms with Crippen molar-refractivity contribution < 1.29 is 0 Å². The van der Waals surface area contributed by atoms with E-state index in [9.17, 15) is 0 Å². The van der Waals surface area contributed by atoms with E-state index in [1.54, 1.807) is 0 Å². The Labute approximate surface area is 368 Å². The van der Waals surface area contributed by atoms with Crippen LogP contribution in [-0.4, -0.2) is 17.2 Å². The number of aromatic nitrogens is 2. The van der Waals surface area contributed by atoms with E-state index in [0.29, 0.717) is 0 Å². The molecule has 0 aliphatic carbocycles. The molecule has 0 aliphatic heterocycles. The molecule has 2 heterocycles. The zero-order chi connectivity index (χ0) is 41.7. The topological polar surface area (TPSA) is 9.86 Å². The Bertz CT molecular complexity index is 3480. The van der Waals surface area contributed by atoms with E-state index < -0.39 is 8.07 Å². The van der Waals surface area contributed by atoms with Gasteiger partial charge in [-0.05, 0) is 79.4 Å². The van der Waals surface area contributed by atoms with E-state index in [2.05, 4.69) is 264 Å². The van der Waals surface area contributed by atoms with E-state index in [1.165, 1.54) is 86.6 Å². The molecule has 0 saturated carbocycles. The van der Waals surface area contributed by atoms with Gasteiger partial charge in [-0.1, -0.05) is 218 Å². The van der Waals surface area contributed by atoms with Gasteiger partial charge in [-0.15, -0.1) is 0 Å². The maximum absolute atomic E-state index is 2.95. The molecular formula is C60H42N2Si. The summed E-state index contributed by atoms with van der Waals surface area (Å²) in [6.45, 7) is 0. The van der Waals surface area contributed by atoms with Crippen molar-refractivity contribution in [2.75, 3.05) is 0 Å². The Morgan fingerprint density at radius 1 is 0.286 bits per heavy atom. The molecule has 0 radical (unpaired) electrons. The molecule has 2 aromatic heterocycles. The van der Waals surface area contributed by atoms with Crippen LogP contribution in [0.1, 0.15) is 0 Å². The van der Waals surface area contributed by atoms with Crippen LogP contribution in [0.25, 0.3) is 77.2 Å². The molecule has 0 saturated heterocycles. The summed E-state index contributed by atoms with van der Waals surface area (Å²) in [5.74, 6) is 0. The number of rotatable bonds is 8. The fraction of sp³-hybridized carbons (Fsp3) is 0. The first-order valence-corrected chi connectivity index (χ1v) is 23.8. The third-order valence-corrected chi connectivity index (χ3v) is 17.8. The molecule has 296 valence electrons. The van der Waals surface area contributed by atoms with Gasteiger partial charge in [0.2, 0.25) is 0 Å². The van der Waals surface area contributed by atoms with Gasteiger partial charge in [0.1, 0.15) is 0 Å². The molecule has 0 aliphatic rings. The summed E-state index contributed by atoms with van der Waals surface area (Å²) in [5, 5.41) is 10.3. The van der Waals surface area contributed by atoms with Crippen molar-refractivity contribution in [3.63, 3.8) is 0 Å². The summed E-state index contributed by atoms with van der Waals surface area (Å²) in [7, 11) is -2.95. The molecule has 0 bridgehead atoms. The minimum Gasteiger partial charge on any atom is -0.307 e. The highest BCUT2D eigenvalue weighted by Gasteiger charge is 2.42. The number of hydrogen-bond acceptors (Lipinski definition) is 0. The Balaban J connectivity index is 1.24. The Morgan fingerprint density at radius 3 is 1.33 bits per heavy atom. The van der Waals surface area contributed by atoms with Crippen LogP contribution in [0.4, 0.5) is 0 Å². The van der Waals surface area contributed by atoms with Crippen molar-refractivity contribution >= 4 is 72.4 Å². The van der Waals surface area contributed by atoms with Crippen molar-refractivity contribution in [1.82, 2.24) is 9.13 Å². The summed E-state index contributed by atoms with van der Waals surface area (Å²) in [6, 6.07) is 94.4. The number of benzene rings is 10. The maximum Gasteiger partial charge on any atom is 0.179 e. The minimum atomic E-state index is -2.95. The first-order chi connectivity index (χ1) is 31.3. The second kappa shape index (κ2) is 15.2. The van der Waals surface area contributed by atoms with Gasteiger partial charge in [0.25, 0.3) is 0 Å². The molecule has 0 amide bonds. The van der Waals surface area contributed by atoms with E-state index >= 15 is 0 Å². The second-order valence-electron chi connectivity index (χ2n) is 16.4. The third-order valence-electron chi connectivity index (χ3n) is 13.1. The predicted octanol–water partition coefficient (Wildman–Crippen LogP) is 12.6. The van der Waals surface area contributed by atoms with Crippen LogP contribution in [0.5, 0.6) is 0 Å². The summed E-state index contributed by atoms with van der Waals surface area (Å²) >= 11 is 0. The Morgan fingerprint density at radius 2 is 0.746 bits per heavy atom. The van der Waals surface area contributed by atoms with Gasteiger partial charge in [0, 0.05) is 27.2 Å². The average molecular weight is 819 g/mol. The third kappa shape index (κ3) is 5.85. The quantitative estimate of drug-likeness (QED) is 0.107. The van der Waals surface area contributed by atoms with Gasteiger partial charge in [-0.2, -0.15) is 0 Å². The van der Waals surface area contributed by atoms with Gasteiger partial charge in [-0.25, -0.2) is 0 Å². The van der Waals surface area contributed by atoms with E-state index in [0.717, 1.165) is 11.4 Å². The summed E-state index contributed by atoms with van der Waals surface area (Å²) in [4.78, 5) is 0. The van der Waals surface area contributed by atoms with E-state index in [4.69, 9.17) is 0 Å². The van der Waals surface area contributed by atoms with Gasteiger partial charge in [0.15, 0.2) is 8.07 Å². The largest absolute Gasteiger partial charge is 0.307 e. The first-order valence-electron chi connectivity index (χ1n) is 21.8. The maximum atomic E-state index is 2.57. The molecular weight excluding hydrogens is 777 g/mol. The molecule has 0 spiro atoms. The Kier molecular flexibility index (Phi) is 8.87. The normalized spacial score (nSPS) is 11.8. The lowest BCUT2D eigenvalue weighted by molar-refractivity contribution is 1.13. The van der Waals surface area contributed by atoms with Gasteiger partial charge in [-0.3, -0.25) is 0 Å². The lowest BCUT2D eigenvalue weighted by Crippen LogP contribution is -2.74. The van der Waals surface area contributed by atoms with Gasteiger partial charge < -0.3 is 9.13 Å². The van der Waals surface area contributed by atoms with Gasteiger partial charge in [0.05, 0.1) is 27.8 Å². The zero-order valence-corrected chi connectivity index (χ0v) is 35.6. The van der Waals surface area contributed by atoms with Crippen molar-refractivity contribution in [2.24, 2.45) is 0 Å². The molecule has 0 fully saturated rings. The zero-order valence-electron chi connectivity index (χ0n) is 34.6. The molecule has 63 heavy (non-hydrogen) atoms.